The standard InChI is InChI=1S/C11H9FO3/c12-9-4-2-1-3-6(9)10(13)7-5-8(7)11(14)15/h1-4,7-8H,5H2,(H,14,15). The van der Waals surface area contributed by atoms with Crippen molar-refractivity contribution in [3.8, 4) is 0 Å². The van der Waals surface area contributed by atoms with Crippen LogP contribution in [-0.4, -0.2) is 16.9 Å². The van der Waals surface area contributed by atoms with Crippen LogP contribution in [0.3, 0.4) is 0 Å². The van der Waals surface area contributed by atoms with Crippen LogP contribution in [0.2, 0.25) is 0 Å². The topological polar surface area (TPSA) is 54.4 Å². The molecule has 2 unspecified atom stereocenters. The molecule has 78 valence electrons. The van der Waals surface area contributed by atoms with Crippen LogP contribution in [0.25, 0.3) is 0 Å². The normalized spacial score (nSPS) is 23.5. The number of hydrogen-bond donors (Lipinski definition) is 1. The Kier molecular flexibility index (Phi) is 2.26. The van der Waals surface area contributed by atoms with Gasteiger partial charge in [-0.15, -0.1) is 0 Å². The molecule has 2 rings (SSSR count). The molecule has 0 amide bonds. The monoisotopic (exact) mass is 208 g/mol. The lowest BCUT2D eigenvalue weighted by Gasteiger charge is -1.99. The third kappa shape index (κ3) is 1.75. The van der Waals surface area contributed by atoms with E-state index >= 15 is 0 Å². The van der Waals surface area contributed by atoms with Crippen molar-refractivity contribution in [1.29, 1.82) is 0 Å². The van der Waals surface area contributed by atoms with Gasteiger partial charge in [0.2, 0.25) is 0 Å². The number of carbonyl (C=O) groups excluding carboxylic acids is 1. The van der Waals surface area contributed by atoms with E-state index in [2.05, 4.69) is 0 Å². The molecule has 4 heteroatoms. The molecule has 1 fully saturated rings. The summed E-state index contributed by atoms with van der Waals surface area (Å²) in [6, 6.07) is 5.64. The zero-order valence-electron chi connectivity index (χ0n) is 7.81. The average Bonchev–Trinajstić information content (AvgIpc) is 2.97. The van der Waals surface area contributed by atoms with Crippen molar-refractivity contribution in [3.05, 3.63) is 35.6 Å². The summed E-state index contributed by atoms with van der Waals surface area (Å²) in [5.74, 6) is -3.14. The van der Waals surface area contributed by atoms with Gasteiger partial charge in [-0.05, 0) is 18.6 Å². The number of carbonyl (C=O) groups is 2. The van der Waals surface area contributed by atoms with Crippen LogP contribution < -0.4 is 0 Å². The molecular weight excluding hydrogens is 199 g/mol. The maximum Gasteiger partial charge on any atom is 0.307 e. The summed E-state index contributed by atoms with van der Waals surface area (Å²) in [4.78, 5) is 22.2. The minimum Gasteiger partial charge on any atom is -0.481 e. The Balaban J connectivity index is 2.17. The minimum atomic E-state index is -0.982. The summed E-state index contributed by atoms with van der Waals surface area (Å²) in [6.07, 6.45) is 0.322. The van der Waals surface area contributed by atoms with Crippen molar-refractivity contribution >= 4 is 11.8 Å². The third-order valence-electron chi connectivity index (χ3n) is 2.58. The summed E-state index contributed by atoms with van der Waals surface area (Å²) in [6.45, 7) is 0. The highest BCUT2D eigenvalue weighted by atomic mass is 19.1. The zero-order chi connectivity index (χ0) is 11.0. The molecule has 0 aromatic heterocycles. The van der Waals surface area contributed by atoms with Gasteiger partial charge in [-0.2, -0.15) is 0 Å². The molecule has 1 N–H and O–H groups in total. The third-order valence-corrected chi connectivity index (χ3v) is 2.58. The Morgan fingerprint density at radius 2 is 1.93 bits per heavy atom. The lowest BCUT2D eigenvalue weighted by molar-refractivity contribution is -0.138. The highest BCUT2D eigenvalue weighted by molar-refractivity contribution is 6.02. The van der Waals surface area contributed by atoms with Crippen LogP contribution >= 0.6 is 0 Å². The molecule has 2 atom stereocenters. The fraction of sp³-hybridized carbons (Fsp3) is 0.273. The molecular formula is C11H9FO3. The van der Waals surface area contributed by atoms with Crippen LogP contribution in [0.15, 0.2) is 24.3 Å². The largest absolute Gasteiger partial charge is 0.481 e. The second-order valence-corrected chi connectivity index (χ2v) is 3.63. The van der Waals surface area contributed by atoms with Gasteiger partial charge in [0.05, 0.1) is 11.5 Å². The summed E-state index contributed by atoms with van der Waals surface area (Å²) >= 11 is 0. The number of rotatable bonds is 3. The van der Waals surface area contributed by atoms with Gasteiger partial charge < -0.3 is 5.11 Å². The molecule has 0 aliphatic heterocycles. The van der Waals surface area contributed by atoms with E-state index in [1.807, 2.05) is 0 Å². The molecule has 0 saturated heterocycles. The summed E-state index contributed by atoms with van der Waals surface area (Å²) in [5.41, 5.74) is -0.00810. The quantitative estimate of drug-likeness (QED) is 0.769. The molecule has 15 heavy (non-hydrogen) atoms. The van der Waals surface area contributed by atoms with Gasteiger partial charge in [0.25, 0.3) is 0 Å². The zero-order valence-corrected chi connectivity index (χ0v) is 7.81. The van der Waals surface area contributed by atoms with Crippen LogP contribution in [0.5, 0.6) is 0 Å². The summed E-state index contributed by atoms with van der Waals surface area (Å²) < 4.78 is 13.2. The Morgan fingerprint density at radius 1 is 1.27 bits per heavy atom. The van der Waals surface area contributed by atoms with E-state index < -0.39 is 29.4 Å². The fourth-order valence-electron chi connectivity index (χ4n) is 1.62. The first-order valence-electron chi connectivity index (χ1n) is 4.63. The highest BCUT2D eigenvalue weighted by Gasteiger charge is 2.48. The van der Waals surface area contributed by atoms with Crippen molar-refractivity contribution in [2.24, 2.45) is 11.8 Å². The first-order valence-corrected chi connectivity index (χ1v) is 4.63. The molecule has 0 radical (unpaired) electrons. The molecule has 1 aliphatic rings. The Bertz CT molecular complexity index is 428. The SMILES string of the molecule is O=C(O)C1CC1C(=O)c1ccccc1F. The van der Waals surface area contributed by atoms with Crippen LogP contribution in [-0.2, 0) is 4.79 Å². The van der Waals surface area contributed by atoms with Gasteiger partial charge in [-0.25, -0.2) is 4.39 Å². The van der Waals surface area contributed by atoms with Gasteiger partial charge >= 0.3 is 5.97 Å². The van der Waals surface area contributed by atoms with E-state index in [1.165, 1.54) is 18.2 Å². The number of aliphatic carboxylic acids is 1. The number of hydrogen-bond acceptors (Lipinski definition) is 2. The van der Waals surface area contributed by atoms with E-state index in [0.29, 0.717) is 6.42 Å². The molecule has 0 bridgehead atoms. The molecule has 1 aromatic carbocycles. The predicted octanol–water partition coefficient (Wildman–Crippen LogP) is 1.73. The summed E-state index contributed by atoms with van der Waals surface area (Å²) in [7, 11) is 0. The van der Waals surface area contributed by atoms with Crippen molar-refractivity contribution in [2.75, 3.05) is 0 Å². The maximum atomic E-state index is 13.2. The van der Waals surface area contributed by atoms with E-state index in [1.54, 1.807) is 6.07 Å². The Morgan fingerprint density at radius 3 is 2.47 bits per heavy atom. The van der Waals surface area contributed by atoms with Crippen molar-refractivity contribution in [2.45, 2.75) is 6.42 Å². The lowest BCUT2D eigenvalue weighted by Crippen LogP contribution is -2.09. The van der Waals surface area contributed by atoms with E-state index in [0.717, 1.165) is 0 Å². The first kappa shape index (κ1) is 9.83. The van der Waals surface area contributed by atoms with Gasteiger partial charge in [-0.1, -0.05) is 12.1 Å². The molecule has 3 nitrogen and oxygen atoms in total. The second kappa shape index (κ2) is 3.46. The van der Waals surface area contributed by atoms with Crippen LogP contribution in [0.1, 0.15) is 16.8 Å². The number of Topliss-reactive ketones (excluding diaryl/α,β-unsaturated/α-hetero) is 1. The number of ketones is 1. The average molecular weight is 208 g/mol. The second-order valence-electron chi connectivity index (χ2n) is 3.63. The fourth-order valence-corrected chi connectivity index (χ4v) is 1.62. The predicted molar refractivity (Wildman–Crippen MR) is 50.0 cm³/mol. The van der Waals surface area contributed by atoms with Crippen molar-refractivity contribution in [3.63, 3.8) is 0 Å². The molecule has 0 heterocycles. The van der Waals surface area contributed by atoms with E-state index in [9.17, 15) is 14.0 Å². The number of carboxylic acids is 1. The first-order chi connectivity index (χ1) is 7.11. The smallest absolute Gasteiger partial charge is 0.307 e. The number of halogens is 1. The number of benzene rings is 1. The van der Waals surface area contributed by atoms with Crippen molar-refractivity contribution in [1.82, 2.24) is 0 Å². The Labute approximate surface area is 85.5 Å². The number of carboxylic acid groups (broad SMARTS) is 1. The van der Waals surface area contributed by atoms with Crippen molar-refractivity contribution < 1.29 is 19.1 Å². The van der Waals surface area contributed by atoms with Gasteiger partial charge in [0, 0.05) is 5.92 Å². The highest BCUT2D eigenvalue weighted by Crippen LogP contribution is 2.41. The van der Waals surface area contributed by atoms with Crippen LogP contribution in [0, 0.1) is 17.7 Å². The summed E-state index contributed by atoms with van der Waals surface area (Å²) in [5, 5.41) is 8.64. The lowest BCUT2D eigenvalue weighted by atomic mass is 10.1. The van der Waals surface area contributed by atoms with Gasteiger partial charge in [0.15, 0.2) is 5.78 Å². The Hall–Kier alpha value is -1.71. The van der Waals surface area contributed by atoms with Gasteiger partial charge in [0.1, 0.15) is 5.82 Å². The van der Waals surface area contributed by atoms with E-state index in [4.69, 9.17) is 5.11 Å². The minimum absolute atomic E-state index is 0.00810. The molecule has 0 spiro atoms. The van der Waals surface area contributed by atoms with Crippen LogP contribution in [0.4, 0.5) is 4.39 Å². The van der Waals surface area contributed by atoms with E-state index in [-0.39, 0.29) is 5.56 Å². The molecule has 1 saturated carbocycles. The maximum absolute atomic E-state index is 13.2. The molecule has 1 aromatic rings. The van der Waals surface area contributed by atoms with Gasteiger partial charge in [-0.3, -0.25) is 9.59 Å². The molecule has 1 aliphatic carbocycles.